The maximum Gasteiger partial charge on any atom is 0.453 e. The van der Waals surface area contributed by atoms with E-state index in [0.29, 0.717) is 0 Å². The number of fused-ring (bicyclic) bond motifs is 1. The molecule has 5 nitrogen and oxygen atoms in total. The van der Waals surface area contributed by atoms with Crippen LogP contribution in [0.2, 0.25) is 0 Å². The van der Waals surface area contributed by atoms with Gasteiger partial charge >= 0.3 is 6.18 Å². The molecule has 0 N–H and O–H groups in total. The van der Waals surface area contributed by atoms with Crippen molar-refractivity contribution in [1.29, 1.82) is 0 Å². The van der Waals surface area contributed by atoms with Crippen LogP contribution < -0.4 is 0 Å². The van der Waals surface area contributed by atoms with Gasteiger partial charge in [-0.05, 0) is 32.5 Å². The summed E-state index contributed by atoms with van der Waals surface area (Å²) in [5.41, 5.74) is 0.740. The highest BCUT2D eigenvalue weighted by Crippen LogP contribution is 2.29. The predicted molar refractivity (Wildman–Crippen MR) is 65.3 cm³/mol. The van der Waals surface area contributed by atoms with Gasteiger partial charge in [-0.15, -0.1) is 5.10 Å². The van der Waals surface area contributed by atoms with Crippen molar-refractivity contribution in [3.63, 3.8) is 0 Å². The third kappa shape index (κ3) is 2.35. The molecule has 0 unspecified atom stereocenters. The van der Waals surface area contributed by atoms with Gasteiger partial charge in [0.1, 0.15) is 0 Å². The monoisotopic (exact) mass is 285 g/mol. The smallest absolute Gasteiger partial charge is 0.306 e. The molecule has 0 radical (unpaired) electrons. The molecule has 3 rings (SSSR count). The summed E-state index contributed by atoms with van der Waals surface area (Å²) in [5, 5.41) is 3.58. The summed E-state index contributed by atoms with van der Waals surface area (Å²) < 4.78 is 39.3. The van der Waals surface area contributed by atoms with Gasteiger partial charge in [-0.3, -0.25) is 0 Å². The Morgan fingerprint density at radius 2 is 2.15 bits per heavy atom. The molecule has 0 bridgehead atoms. The van der Waals surface area contributed by atoms with Gasteiger partial charge < -0.3 is 4.90 Å². The van der Waals surface area contributed by atoms with Gasteiger partial charge in [0.25, 0.3) is 11.6 Å². The van der Waals surface area contributed by atoms with E-state index in [2.05, 4.69) is 20.0 Å². The van der Waals surface area contributed by atoms with Crippen molar-refractivity contribution in [2.24, 2.45) is 0 Å². The molecule has 1 aliphatic heterocycles. The zero-order valence-electron chi connectivity index (χ0n) is 10.9. The number of hydrogen-bond acceptors (Lipinski definition) is 4. The van der Waals surface area contributed by atoms with Crippen molar-refractivity contribution in [3.8, 4) is 0 Å². The molecule has 0 aliphatic carbocycles. The second-order valence-corrected chi connectivity index (χ2v) is 5.12. The summed E-state index contributed by atoms with van der Waals surface area (Å²) in [5.74, 6) is -0.980. The number of likely N-dealkylation sites (N-methyl/N-ethyl adjacent to an activating group) is 1. The van der Waals surface area contributed by atoms with Gasteiger partial charge in [0.05, 0.1) is 5.69 Å². The predicted octanol–water partition coefficient (Wildman–Crippen LogP) is 1.95. The number of rotatable bonds is 1. The average molecular weight is 285 g/mol. The third-order valence-electron chi connectivity index (χ3n) is 3.57. The Morgan fingerprint density at radius 3 is 2.85 bits per heavy atom. The van der Waals surface area contributed by atoms with E-state index in [-0.39, 0.29) is 11.7 Å². The first kappa shape index (κ1) is 13.3. The average Bonchev–Trinajstić information content (AvgIpc) is 2.82. The van der Waals surface area contributed by atoms with E-state index < -0.39 is 12.0 Å². The van der Waals surface area contributed by atoms with Gasteiger partial charge in [0.15, 0.2) is 0 Å². The highest BCUT2D eigenvalue weighted by Gasteiger charge is 2.37. The van der Waals surface area contributed by atoms with E-state index >= 15 is 0 Å². The third-order valence-corrected chi connectivity index (χ3v) is 3.57. The van der Waals surface area contributed by atoms with Crippen LogP contribution in [-0.4, -0.2) is 44.6 Å². The summed E-state index contributed by atoms with van der Waals surface area (Å²) in [7, 11) is 2.01. The number of aromatic nitrogens is 4. The second kappa shape index (κ2) is 4.69. The first-order valence-electron chi connectivity index (χ1n) is 6.42. The van der Waals surface area contributed by atoms with Crippen LogP contribution in [0, 0.1) is 0 Å². The Labute approximate surface area is 113 Å². The molecule has 0 amide bonds. The molecule has 108 valence electrons. The summed E-state index contributed by atoms with van der Waals surface area (Å²) in [6.07, 6.45) is -1.10. The fraction of sp³-hybridized carbons (Fsp3) is 0.583. The van der Waals surface area contributed by atoms with E-state index in [9.17, 15) is 13.2 Å². The van der Waals surface area contributed by atoms with Crippen molar-refractivity contribution in [2.75, 3.05) is 20.1 Å². The minimum absolute atomic E-state index is 0.00283. The Hall–Kier alpha value is -1.70. The summed E-state index contributed by atoms with van der Waals surface area (Å²) in [6.45, 7) is 1.82. The summed E-state index contributed by atoms with van der Waals surface area (Å²) in [4.78, 5) is 9.49. The van der Waals surface area contributed by atoms with E-state index in [1.54, 1.807) is 6.07 Å². The van der Waals surface area contributed by atoms with E-state index in [4.69, 9.17) is 0 Å². The molecule has 0 spiro atoms. The Balaban J connectivity index is 2.04. The maximum atomic E-state index is 12.7. The molecule has 2 aromatic rings. The van der Waals surface area contributed by atoms with Crippen molar-refractivity contribution >= 4 is 5.78 Å². The number of piperidine rings is 1. The van der Waals surface area contributed by atoms with Crippen molar-refractivity contribution in [2.45, 2.75) is 24.9 Å². The molecule has 3 heterocycles. The van der Waals surface area contributed by atoms with Crippen LogP contribution in [0.1, 0.15) is 30.3 Å². The molecule has 1 atom stereocenters. The minimum atomic E-state index is -4.55. The van der Waals surface area contributed by atoms with Crippen LogP contribution in [0.3, 0.4) is 0 Å². The highest BCUT2D eigenvalue weighted by atomic mass is 19.4. The second-order valence-electron chi connectivity index (χ2n) is 5.12. The summed E-state index contributed by atoms with van der Waals surface area (Å²) >= 11 is 0. The molecule has 1 aliphatic rings. The molecule has 0 aromatic carbocycles. The topological polar surface area (TPSA) is 46.3 Å². The Morgan fingerprint density at radius 1 is 1.35 bits per heavy atom. The molecule has 1 saturated heterocycles. The van der Waals surface area contributed by atoms with Gasteiger partial charge in [-0.25, -0.2) is 9.50 Å². The number of halogens is 3. The first-order chi connectivity index (χ1) is 9.45. The molecular weight excluding hydrogens is 271 g/mol. The molecule has 0 saturated carbocycles. The lowest BCUT2D eigenvalue weighted by molar-refractivity contribution is -0.144. The van der Waals surface area contributed by atoms with Crippen molar-refractivity contribution < 1.29 is 13.2 Å². The van der Waals surface area contributed by atoms with Crippen molar-refractivity contribution in [3.05, 3.63) is 23.8 Å². The standard InChI is InChI=1S/C12H14F3N5/c1-19-6-2-3-8(7-19)9-4-5-16-11-17-10(12(13,14)15)18-20(9)11/h4-5,8H,2-3,6-7H2,1H3/t8-/m1/s1. The number of hydrogen-bond donors (Lipinski definition) is 0. The van der Waals surface area contributed by atoms with Crippen LogP contribution in [0.4, 0.5) is 13.2 Å². The van der Waals surface area contributed by atoms with E-state index in [1.165, 1.54) is 10.7 Å². The van der Waals surface area contributed by atoms with Gasteiger partial charge in [0.2, 0.25) is 0 Å². The van der Waals surface area contributed by atoms with Gasteiger partial charge in [-0.2, -0.15) is 18.2 Å². The highest BCUT2D eigenvalue weighted by molar-refractivity contribution is 5.30. The lowest BCUT2D eigenvalue weighted by atomic mass is 9.95. The van der Waals surface area contributed by atoms with Crippen LogP contribution in [-0.2, 0) is 6.18 Å². The zero-order chi connectivity index (χ0) is 14.3. The molecule has 8 heteroatoms. The van der Waals surface area contributed by atoms with Crippen LogP contribution >= 0.6 is 0 Å². The Kier molecular flexibility index (Phi) is 3.12. The molecular formula is C12H14F3N5. The number of nitrogens with zero attached hydrogens (tertiary/aromatic N) is 5. The van der Waals surface area contributed by atoms with Crippen molar-refractivity contribution in [1.82, 2.24) is 24.5 Å². The van der Waals surface area contributed by atoms with Crippen LogP contribution in [0.25, 0.3) is 5.78 Å². The molecule has 20 heavy (non-hydrogen) atoms. The molecule has 1 fully saturated rings. The van der Waals surface area contributed by atoms with Gasteiger partial charge in [-0.1, -0.05) is 0 Å². The lowest BCUT2D eigenvalue weighted by Crippen LogP contribution is -2.31. The van der Waals surface area contributed by atoms with Crippen LogP contribution in [0.5, 0.6) is 0 Å². The summed E-state index contributed by atoms with van der Waals surface area (Å²) in [6, 6.07) is 1.73. The largest absolute Gasteiger partial charge is 0.453 e. The lowest BCUT2D eigenvalue weighted by Gasteiger charge is -2.29. The van der Waals surface area contributed by atoms with E-state index in [0.717, 1.165) is 31.6 Å². The number of likely N-dealkylation sites (tertiary alicyclic amines) is 1. The zero-order valence-corrected chi connectivity index (χ0v) is 10.9. The minimum Gasteiger partial charge on any atom is -0.306 e. The quantitative estimate of drug-likeness (QED) is 0.803. The van der Waals surface area contributed by atoms with E-state index in [1.807, 2.05) is 7.05 Å². The van der Waals surface area contributed by atoms with Crippen LogP contribution in [0.15, 0.2) is 12.3 Å². The Bertz CT molecular complexity index is 621. The SMILES string of the molecule is CN1CCC[C@@H](c2ccnc3nc(C(F)(F)F)nn23)C1. The molecule has 2 aromatic heterocycles. The fourth-order valence-corrected chi connectivity index (χ4v) is 2.65. The maximum absolute atomic E-state index is 12.7. The van der Waals surface area contributed by atoms with Gasteiger partial charge in [0, 0.05) is 18.7 Å². The normalized spacial score (nSPS) is 21.5. The first-order valence-corrected chi connectivity index (χ1v) is 6.42. The fourth-order valence-electron chi connectivity index (χ4n) is 2.65. The number of alkyl halides is 3.